The molecule has 1 aromatic heterocycles. The molecule has 2 aromatic rings. The molecule has 0 unspecified atom stereocenters. The van der Waals surface area contributed by atoms with Crippen LogP contribution in [0.4, 0.5) is 5.69 Å². The second-order valence-electron chi connectivity index (χ2n) is 2.66. The second-order valence-corrected chi connectivity index (χ2v) is 2.66. The number of hydrogen-bond donors (Lipinski definition) is 0. The summed E-state index contributed by atoms with van der Waals surface area (Å²) < 4.78 is 5.07. The van der Waals surface area contributed by atoms with E-state index < -0.39 is 4.92 Å². The summed E-state index contributed by atoms with van der Waals surface area (Å²) in [5.41, 5.74) is 0.380. The van der Waals surface area contributed by atoms with Gasteiger partial charge in [-0.25, -0.2) is 0 Å². The quantitative estimate of drug-likeness (QED) is 0.537. The second kappa shape index (κ2) is 3.33. The highest BCUT2D eigenvalue weighted by Crippen LogP contribution is 2.28. The van der Waals surface area contributed by atoms with Gasteiger partial charge in [-0.2, -0.15) is 0 Å². The first kappa shape index (κ1) is 8.50. The van der Waals surface area contributed by atoms with Crippen molar-refractivity contribution >= 4 is 5.69 Å². The van der Waals surface area contributed by atoms with Crippen molar-refractivity contribution in [1.82, 2.24) is 0 Å². The average molecular weight is 188 g/mol. The molecule has 1 radical (unpaired) electrons. The number of benzene rings is 1. The minimum absolute atomic E-state index is 0.00227. The van der Waals surface area contributed by atoms with Crippen molar-refractivity contribution in [1.29, 1.82) is 0 Å². The Morgan fingerprint density at radius 2 is 2.21 bits per heavy atom. The molecule has 14 heavy (non-hydrogen) atoms. The van der Waals surface area contributed by atoms with Gasteiger partial charge in [-0.05, 0) is 12.1 Å². The Balaban J connectivity index is 2.58. The zero-order chi connectivity index (χ0) is 9.97. The van der Waals surface area contributed by atoms with Crippen LogP contribution in [0.15, 0.2) is 41.0 Å². The summed E-state index contributed by atoms with van der Waals surface area (Å²) in [5, 5.41) is 10.7. The van der Waals surface area contributed by atoms with Crippen LogP contribution in [0.25, 0.3) is 11.3 Å². The van der Waals surface area contributed by atoms with Crippen molar-refractivity contribution in [2.45, 2.75) is 0 Å². The van der Waals surface area contributed by atoms with E-state index in [1.165, 1.54) is 12.3 Å². The summed E-state index contributed by atoms with van der Waals surface area (Å²) >= 11 is 0. The smallest absolute Gasteiger partial charge is 0.280 e. The summed E-state index contributed by atoms with van der Waals surface area (Å²) in [6.07, 6.45) is 1.47. The number of nitro groups is 1. The van der Waals surface area contributed by atoms with Gasteiger partial charge in [0.05, 0.1) is 11.2 Å². The maximum absolute atomic E-state index is 10.7. The highest BCUT2D eigenvalue weighted by atomic mass is 16.6. The van der Waals surface area contributed by atoms with Gasteiger partial charge in [-0.1, -0.05) is 12.1 Å². The highest BCUT2D eigenvalue weighted by Gasteiger charge is 2.15. The molecule has 0 amide bonds. The third kappa shape index (κ3) is 1.37. The fraction of sp³-hybridized carbons (Fsp3) is 0. The Labute approximate surface area is 79.9 Å². The molecular formula is C10H6NO3. The van der Waals surface area contributed by atoms with Crippen LogP contribution in [0.2, 0.25) is 0 Å². The van der Waals surface area contributed by atoms with Crippen molar-refractivity contribution in [3.63, 3.8) is 0 Å². The van der Waals surface area contributed by atoms with Gasteiger partial charge in [0.2, 0.25) is 0 Å². The molecule has 4 nitrogen and oxygen atoms in total. The van der Waals surface area contributed by atoms with E-state index in [0.29, 0.717) is 11.3 Å². The van der Waals surface area contributed by atoms with Crippen LogP contribution in [0.3, 0.4) is 0 Å². The molecule has 0 saturated carbocycles. The molecule has 4 heteroatoms. The summed E-state index contributed by atoms with van der Waals surface area (Å²) in [7, 11) is 0. The van der Waals surface area contributed by atoms with Crippen molar-refractivity contribution in [3.05, 3.63) is 52.8 Å². The number of nitro benzene ring substituents is 1. The monoisotopic (exact) mass is 188 g/mol. The van der Waals surface area contributed by atoms with E-state index >= 15 is 0 Å². The third-order valence-corrected chi connectivity index (χ3v) is 1.80. The number of rotatable bonds is 2. The molecule has 0 aliphatic rings. The Kier molecular flexibility index (Phi) is 2.02. The SMILES string of the molecule is O=[N+]([O-])c1ccc[c]c1-c1ccco1. The van der Waals surface area contributed by atoms with Crippen LogP contribution in [-0.4, -0.2) is 4.92 Å². The van der Waals surface area contributed by atoms with Gasteiger partial charge in [-0.3, -0.25) is 10.1 Å². The lowest BCUT2D eigenvalue weighted by Crippen LogP contribution is -1.90. The molecule has 69 valence electrons. The Bertz CT molecular complexity index is 448. The Hall–Kier alpha value is -2.10. The average Bonchev–Trinajstić information content (AvgIpc) is 2.70. The van der Waals surface area contributed by atoms with Gasteiger partial charge >= 0.3 is 0 Å². The highest BCUT2D eigenvalue weighted by molar-refractivity contribution is 5.68. The minimum Gasteiger partial charge on any atom is -0.464 e. The van der Waals surface area contributed by atoms with Gasteiger partial charge in [0, 0.05) is 12.1 Å². The third-order valence-electron chi connectivity index (χ3n) is 1.80. The van der Waals surface area contributed by atoms with Crippen molar-refractivity contribution < 1.29 is 9.34 Å². The molecule has 0 aliphatic heterocycles. The lowest BCUT2D eigenvalue weighted by Gasteiger charge is -1.97. The first-order valence-electron chi connectivity index (χ1n) is 3.98. The normalized spacial score (nSPS) is 10.0. The largest absolute Gasteiger partial charge is 0.464 e. The van der Waals surface area contributed by atoms with Gasteiger partial charge in [-0.15, -0.1) is 0 Å². The maximum Gasteiger partial charge on any atom is 0.280 e. The maximum atomic E-state index is 10.7. The van der Waals surface area contributed by atoms with Gasteiger partial charge in [0.1, 0.15) is 11.3 Å². The predicted octanol–water partition coefficient (Wildman–Crippen LogP) is 2.65. The first-order chi connectivity index (χ1) is 6.79. The van der Waals surface area contributed by atoms with Crippen LogP contribution >= 0.6 is 0 Å². The summed E-state index contributed by atoms with van der Waals surface area (Å²) in [4.78, 5) is 10.2. The lowest BCUT2D eigenvalue weighted by molar-refractivity contribution is -0.384. The van der Waals surface area contributed by atoms with Crippen LogP contribution in [0.5, 0.6) is 0 Å². The molecule has 2 rings (SSSR count). The Morgan fingerprint density at radius 1 is 1.36 bits per heavy atom. The number of hydrogen-bond acceptors (Lipinski definition) is 3. The van der Waals surface area contributed by atoms with Crippen LogP contribution in [-0.2, 0) is 0 Å². The van der Waals surface area contributed by atoms with Crippen molar-refractivity contribution in [3.8, 4) is 11.3 Å². The zero-order valence-corrected chi connectivity index (χ0v) is 7.14. The fourth-order valence-electron chi connectivity index (χ4n) is 1.20. The molecule has 0 fully saturated rings. The standard InChI is InChI=1S/C10H6NO3/c12-11(13)9-5-2-1-4-8(9)10-6-3-7-14-10/h1-3,5-7H. The van der Waals surface area contributed by atoms with E-state index in [4.69, 9.17) is 4.42 Å². The Morgan fingerprint density at radius 3 is 2.86 bits per heavy atom. The topological polar surface area (TPSA) is 56.3 Å². The molecular weight excluding hydrogens is 182 g/mol. The van der Waals surface area contributed by atoms with E-state index in [1.54, 1.807) is 24.3 Å². The molecule has 0 spiro atoms. The predicted molar refractivity (Wildman–Crippen MR) is 49.6 cm³/mol. The van der Waals surface area contributed by atoms with Gasteiger partial charge < -0.3 is 4.42 Å². The minimum atomic E-state index is -0.450. The van der Waals surface area contributed by atoms with E-state index in [-0.39, 0.29) is 5.69 Å². The van der Waals surface area contributed by atoms with Crippen LogP contribution in [0.1, 0.15) is 0 Å². The van der Waals surface area contributed by atoms with E-state index in [2.05, 4.69) is 6.07 Å². The summed E-state index contributed by atoms with van der Waals surface area (Å²) in [6.45, 7) is 0. The van der Waals surface area contributed by atoms with Crippen LogP contribution in [0, 0.1) is 16.2 Å². The van der Waals surface area contributed by atoms with Crippen molar-refractivity contribution in [2.75, 3.05) is 0 Å². The fourth-order valence-corrected chi connectivity index (χ4v) is 1.20. The summed E-state index contributed by atoms with van der Waals surface area (Å²) in [5.74, 6) is 0.456. The molecule has 0 saturated heterocycles. The molecule has 1 aromatic carbocycles. The van der Waals surface area contributed by atoms with Crippen molar-refractivity contribution in [2.24, 2.45) is 0 Å². The van der Waals surface area contributed by atoms with Gasteiger partial charge in [0.15, 0.2) is 0 Å². The van der Waals surface area contributed by atoms with E-state index in [9.17, 15) is 10.1 Å². The molecule has 0 N–H and O–H groups in total. The van der Waals surface area contributed by atoms with E-state index in [1.807, 2.05) is 0 Å². The van der Waals surface area contributed by atoms with E-state index in [0.717, 1.165) is 0 Å². The molecule has 0 atom stereocenters. The zero-order valence-electron chi connectivity index (χ0n) is 7.14. The lowest BCUT2D eigenvalue weighted by atomic mass is 10.1. The molecule has 0 bridgehead atoms. The number of nitrogens with zero attached hydrogens (tertiary/aromatic N) is 1. The number of furan rings is 1. The first-order valence-corrected chi connectivity index (χ1v) is 3.98. The molecule has 0 aliphatic carbocycles. The summed E-state index contributed by atoms with van der Waals surface area (Å²) in [6, 6.07) is 10.7. The van der Waals surface area contributed by atoms with Gasteiger partial charge in [0.25, 0.3) is 5.69 Å². The van der Waals surface area contributed by atoms with Crippen LogP contribution < -0.4 is 0 Å². The molecule has 1 heterocycles.